The van der Waals surface area contributed by atoms with E-state index in [4.69, 9.17) is 10.00 Å². The van der Waals surface area contributed by atoms with Gasteiger partial charge in [0.1, 0.15) is 0 Å². The number of hydrogen-bond acceptors (Lipinski definition) is 4. The zero-order chi connectivity index (χ0) is 12.2. The first-order valence-electron chi connectivity index (χ1n) is 5.82. The van der Waals surface area contributed by atoms with E-state index < -0.39 is 0 Å². The first-order chi connectivity index (χ1) is 7.51. The summed E-state index contributed by atoms with van der Waals surface area (Å²) in [5.41, 5.74) is 0.166. The topological polar surface area (TPSA) is 39.5 Å². The quantitative estimate of drug-likeness (QED) is 0.714. The van der Waals surface area contributed by atoms with E-state index in [1.54, 1.807) is 7.11 Å². The standard InChI is InChI=1S/C12H23N3O/c1-12(2)10-14(3)11(5-6-13)9-15(12)7-8-16-4/h11H,5,7-10H2,1-4H3. The summed E-state index contributed by atoms with van der Waals surface area (Å²) in [4.78, 5) is 4.73. The number of methoxy groups -OCH3 is 1. The van der Waals surface area contributed by atoms with Gasteiger partial charge in [-0.05, 0) is 20.9 Å². The molecule has 0 aliphatic carbocycles. The summed E-state index contributed by atoms with van der Waals surface area (Å²) in [6.45, 7) is 8.17. The molecule has 1 rings (SSSR count). The van der Waals surface area contributed by atoms with Crippen molar-refractivity contribution in [3.63, 3.8) is 0 Å². The maximum atomic E-state index is 8.81. The molecule has 0 aromatic carbocycles. The van der Waals surface area contributed by atoms with Crippen LogP contribution >= 0.6 is 0 Å². The van der Waals surface area contributed by atoms with Crippen LogP contribution in [0.25, 0.3) is 0 Å². The van der Waals surface area contributed by atoms with Crippen LogP contribution in [0.4, 0.5) is 0 Å². The van der Waals surface area contributed by atoms with E-state index in [1.165, 1.54) is 0 Å². The molecule has 0 aromatic rings. The van der Waals surface area contributed by atoms with Gasteiger partial charge in [0.2, 0.25) is 0 Å². The number of likely N-dealkylation sites (N-methyl/N-ethyl adjacent to an activating group) is 1. The fourth-order valence-electron chi connectivity index (χ4n) is 2.40. The average molecular weight is 225 g/mol. The van der Waals surface area contributed by atoms with Crippen molar-refractivity contribution in [2.45, 2.75) is 31.8 Å². The van der Waals surface area contributed by atoms with E-state index in [1.807, 2.05) is 0 Å². The number of rotatable bonds is 4. The van der Waals surface area contributed by atoms with E-state index in [0.29, 0.717) is 12.5 Å². The highest BCUT2D eigenvalue weighted by molar-refractivity contribution is 4.96. The van der Waals surface area contributed by atoms with Gasteiger partial charge in [0, 0.05) is 38.3 Å². The zero-order valence-corrected chi connectivity index (χ0v) is 10.9. The Balaban J connectivity index is 2.63. The molecule has 1 saturated heterocycles. The van der Waals surface area contributed by atoms with Crippen molar-refractivity contribution in [1.29, 1.82) is 5.26 Å². The number of nitrogens with zero attached hydrogens (tertiary/aromatic N) is 3. The third-order valence-corrected chi connectivity index (χ3v) is 3.44. The first-order valence-corrected chi connectivity index (χ1v) is 5.82. The Kier molecular flexibility index (Phi) is 4.72. The van der Waals surface area contributed by atoms with Gasteiger partial charge in [0.15, 0.2) is 0 Å². The molecule has 0 spiro atoms. The fraction of sp³-hybridized carbons (Fsp3) is 0.917. The Bertz CT molecular complexity index is 259. The highest BCUT2D eigenvalue weighted by Crippen LogP contribution is 2.24. The molecular formula is C12H23N3O. The van der Waals surface area contributed by atoms with Crippen molar-refractivity contribution < 1.29 is 4.74 Å². The van der Waals surface area contributed by atoms with Crippen LogP contribution in [0.5, 0.6) is 0 Å². The van der Waals surface area contributed by atoms with E-state index in [9.17, 15) is 0 Å². The van der Waals surface area contributed by atoms with Crippen LogP contribution in [-0.4, -0.2) is 61.8 Å². The Morgan fingerprint density at radius 2 is 2.19 bits per heavy atom. The molecule has 0 N–H and O–H groups in total. The van der Waals surface area contributed by atoms with E-state index in [2.05, 4.69) is 36.8 Å². The van der Waals surface area contributed by atoms with Crippen molar-refractivity contribution in [3.8, 4) is 6.07 Å². The highest BCUT2D eigenvalue weighted by Gasteiger charge is 2.36. The first kappa shape index (κ1) is 13.4. The normalized spacial score (nSPS) is 26.6. The van der Waals surface area contributed by atoms with Crippen LogP contribution in [0.1, 0.15) is 20.3 Å². The van der Waals surface area contributed by atoms with E-state index in [0.717, 1.165) is 26.2 Å². The molecule has 0 radical (unpaired) electrons. The number of hydrogen-bond donors (Lipinski definition) is 0. The summed E-state index contributed by atoms with van der Waals surface area (Å²) in [5, 5.41) is 8.81. The van der Waals surface area contributed by atoms with Gasteiger partial charge in [0.05, 0.1) is 19.1 Å². The van der Waals surface area contributed by atoms with Crippen LogP contribution in [0.2, 0.25) is 0 Å². The van der Waals surface area contributed by atoms with Crippen molar-refractivity contribution in [2.24, 2.45) is 0 Å². The van der Waals surface area contributed by atoms with Gasteiger partial charge in [-0.25, -0.2) is 0 Å². The third-order valence-electron chi connectivity index (χ3n) is 3.44. The molecule has 1 aliphatic rings. The Labute approximate surface area is 98.8 Å². The van der Waals surface area contributed by atoms with Crippen LogP contribution in [-0.2, 0) is 4.74 Å². The summed E-state index contributed by atoms with van der Waals surface area (Å²) in [7, 11) is 3.84. The second-order valence-electron chi connectivity index (χ2n) is 5.18. The molecule has 0 amide bonds. The minimum atomic E-state index is 0.166. The maximum Gasteiger partial charge on any atom is 0.0638 e. The van der Waals surface area contributed by atoms with Gasteiger partial charge in [-0.2, -0.15) is 5.26 Å². The predicted octanol–water partition coefficient (Wildman–Crippen LogP) is 0.941. The van der Waals surface area contributed by atoms with Gasteiger partial charge >= 0.3 is 0 Å². The second kappa shape index (κ2) is 5.62. The molecule has 0 saturated carbocycles. The summed E-state index contributed by atoms with van der Waals surface area (Å²) >= 11 is 0. The molecule has 0 aromatic heterocycles. The van der Waals surface area contributed by atoms with Crippen LogP contribution < -0.4 is 0 Å². The van der Waals surface area contributed by atoms with Crippen LogP contribution in [0.3, 0.4) is 0 Å². The van der Waals surface area contributed by atoms with Crippen molar-refractivity contribution >= 4 is 0 Å². The summed E-state index contributed by atoms with van der Waals surface area (Å²) in [6.07, 6.45) is 0.607. The SMILES string of the molecule is COCCN1CC(CC#N)N(C)CC1(C)C. The molecule has 1 aliphatic heterocycles. The molecule has 1 unspecified atom stereocenters. The lowest BCUT2D eigenvalue weighted by atomic mass is 9.95. The lowest BCUT2D eigenvalue weighted by Gasteiger charge is -2.49. The minimum absolute atomic E-state index is 0.166. The summed E-state index contributed by atoms with van der Waals surface area (Å²) in [6, 6.07) is 2.63. The predicted molar refractivity (Wildman–Crippen MR) is 64.2 cm³/mol. The molecule has 1 atom stereocenters. The largest absolute Gasteiger partial charge is 0.383 e. The van der Waals surface area contributed by atoms with Gasteiger partial charge in [-0.1, -0.05) is 0 Å². The Morgan fingerprint density at radius 3 is 2.75 bits per heavy atom. The van der Waals surface area contributed by atoms with Crippen molar-refractivity contribution in [1.82, 2.24) is 9.80 Å². The van der Waals surface area contributed by atoms with Crippen molar-refractivity contribution in [3.05, 3.63) is 0 Å². The monoisotopic (exact) mass is 225 g/mol. The average Bonchev–Trinajstić information content (AvgIpc) is 2.20. The van der Waals surface area contributed by atoms with Crippen LogP contribution in [0.15, 0.2) is 0 Å². The summed E-state index contributed by atoms with van der Waals surface area (Å²) < 4.78 is 5.14. The van der Waals surface area contributed by atoms with Gasteiger partial charge in [-0.3, -0.25) is 9.80 Å². The molecule has 0 bridgehead atoms. The fourth-order valence-corrected chi connectivity index (χ4v) is 2.40. The summed E-state index contributed by atoms with van der Waals surface area (Å²) in [5.74, 6) is 0. The zero-order valence-electron chi connectivity index (χ0n) is 10.9. The number of nitriles is 1. The van der Waals surface area contributed by atoms with Crippen molar-refractivity contribution in [2.75, 3.05) is 40.4 Å². The van der Waals surface area contributed by atoms with Gasteiger partial charge < -0.3 is 4.74 Å². The minimum Gasteiger partial charge on any atom is -0.383 e. The van der Waals surface area contributed by atoms with E-state index in [-0.39, 0.29) is 5.54 Å². The third kappa shape index (κ3) is 3.18. The van der Waals surface area contributed by atoms with Crippen LogP contribution in [0, 0.1) is 11.3 Å². The second-order valence-corrected chi connectivity index (χ2v) is 5.18. The number of piperazine rings is 1. The lowest BCUT2D eigenvalue weighted by Crippen LogP contribution is -2.62. The van der Waals surface area contributed by atoms with Gasteiger partial charge in [0.25, 0.3) is 0 Å². The molecule has 4 heteroatoms. The molecular weight excluding hydrogens is 202 g/mol. The number of ether oxygens (including phenoxy) is 1. The molecule has 16 heavy (non-hydrogen) atoms. The smallest absolute Gasteiger partial charge is 0.0638 e. The molecule has 4 nitrogen and oxygen atoms in total. The van der Waals surface area contributed by atoms with E-state index >= 15 is 0 Å². The molecule has 1 heterocycles. The maximum absolute atomic E-state index is 8.81. The van der Waals surface area contributed by atoms with Gasteiger partial charge in [-0.15, -0.1) is 0 Å². The Morgan fingerprint density at radius 1 is 1.50 bits per heavy atom. The molecule has 1 fully saturated rings. The Hall–Kier alpha value is -0.630. The molecule has 92 valence electrons. The highest BCUT2D eigenvalue weighted by atomic mass is 16.5. The lowest BCUT2D eigenvalue weighted by molar-refractivity contribution is -0.0157.